The Morgan fingerprint density at radius 1 is 1.11 bits per heavy atom. The van der Waals surface area contributed by atoms with Gasteiger partial charge in [-0.3, -0.25) is 0 Å². The van der Waals surface area contributed by atoms with Gasteiger partial charge in [-0.2, -0.15) is 5.26 Å². The topological polar surface area (TPSA) is 52.5 Å². The Kier molecular flexibility index (Phi) is 2.54. The maximum absolute atomic E-state index is 8.93. The van der Waals surface area contributed by atoms with E-state index in [1.165, 1.54) is 0 Å². The van der Waals surface area contributed by atoms with Crippen LogP contribution in [0.25, 0.3) is 22.2 Å². The smallest absolute Gasteiger partial charge is 0.138 e. The largest absolute Gasteiger partial charge is 0.342 e. The monoisotopic (exact) mass is 233 g/mol. The van der Waals surface area contributed by atoms with Crippen LogP contribution in [0.4, 0.5) is 0 Å². The predicted octanol–water partition coefficient (Wildman–Crippen LogP) is 3.30. The molecule has 0 aliphatic rings. The van der Waals surface area contributed by atoms with Gasteiger partial charge >= 0.3 is 0 Å². The lowest BCUT2D eigenvalue weighted by Crippen LogP contribution is -1.85. The molecule has 0 fully saturated rings. The highest BCUT2D eigenvalue weighted by molar-refractivity contribution is 5.95. The number of pyridine rings is 1. The number of benzene rings is 1. The van der Waals surface area contributed by atoms with Crippen LogP contribution in [0.3, 0.4) is 0 Å². The van der Waals surface area contributed by atoms with Crippen molar-refractivity contribution in [2.75, 3.05) is 0 Å². The molecule has 3 heteroatoms. The average Bonchev–Trinajstić information content (AvgIpc) is 2.78. The number of nitrogens with zero attached hydrogens (tertiary/aromatic N) is 2. The molecular weight excluding hydrogens is 222 g/mol. The van der Waals surface area contributed by atoms with Gasteiger partial charge in [0, 0.05) is 22.8 Å². The second-order valence-electron chi connectivity index (χ2n) is 4.08. The molecule has 0 amide bonds. The van der Waals surface area contributed by atoms with Gasteiger partial charge < -0.3 is 4.98 Å². The summed E-state index contributed by atoms with van der Waals surface area (Å²) in [5.41, 5.74) is 3.96. The second-order valence-corrected chi connectivity index (χ2v) is 4.08. The van der Waals surface area contributed by atoms with E-state index in [1.807, 2.05) is 30.3 Å². The van der Waals surface area contributed by atoms with E-state index in [-0.39, 0.29) is 0 Å². The Labute approximate surface area is 105 Å². The third-order valence-electron chi connectivity index (χ3n) is 2.97. The minimum absolute atomic E-state index is 0.362. The number of aromatic nitrogens is 2. The Hall–Kier alpha value is -2.60. The van der Waals surface area contributed by atoms with E-state index < -0.39 is 0 Å². The van der Waals surface area contributed by atoms with Crippen LogP contribution in [0, 0.1) is 11.3 Å². The first-order valence-corrected chi connectivity index (χ1v) is 5.78. The molecule has 0 radical (unpaired) electrons. The number of nitrogens with one attached hydrogen (secondary N) is 1. The van der Waals surface area contributed by atoms with Gasteiger partial charge in [-0.1, -0.05) is 30.3 Å². The summed E-state index contributed by atoms with van der Waals surface area (Å²) in [7, 11) is 0. The van der Waals surface area contributed by atoms with Gasteiger partial charge in [-0.05, 0) is 17.7 Å². The van der Waals surface area contributed by atoms with Crippen molar-refractivity contribution in [3.8, 4) is 17.2 Å². The summed E-state index contributed by atoms with van der Waals surface area (Å²) >= 11 is 0. The van der Waals surface area contributed by atoms with Gasteiger partial charge in [0.25, 0.3) is 0 Å². The first kappa shape index (κ1) is 10.5. The van der Waals surface area contributed by atoms with Crippen LogP contribution >= 0.6 is 0 Å². The minimum Gasteiger partial charge on any atom is -0.342 e. The molecule has 2 heterocycles. The Morgan fingerprint density at radius 3 is 2.72 bits per heavy atom. The molecule has 0 spiro atoms. The number of aromatic amines is 1. The average molecular weight is 233 g/mol. The van der Waals surface area contributed by atoms with Crippen molar-refractivity contribution in [3.63, 3.8) is 0 Å². The van der Waals surface area contributed by atoms with Crippen molar-refractivity contribution in [3.05, 3.63) is 54.4 Å². The summed E-state index contributed by atoms with van der Waals surface area (Å²) in [5, 5.41) is 9.99. The van der Waals surface area contributed by atoms with Crippen LogP contribution in [0.15, 0.2) is 48.7 Å². The molecule has 0 saturated heterocycles. The van der Waals surface area contributed by atoms with Gasteiger partial charge in [0.05, 0.1) is 12.5 Å². The number of nitriles is 1. The molecule has 86 valence electrons. The maximum Gasteiger partial charge on any atom is 0.138 e. The van der Waals surface area contributed by atoms with Gasteiger partial charge in [0.1, 0.15) is 5.65 Å². The quantitative estimate of drug-likeness (QED) is 0.738. The van der Waals surface area contributed by atoms with E-state index in [0.29, 0.717) is 6.42 Å². The summed E-state index contributed by atoms with van der Waals surface area (Å²) < 4.78 is 0. The molecule has 18 heavy (non-hydrogen) atoms. The van der Waals surface area contributed by atoms with E-state index in [0.717, 1.165) is 27.9 Å². The summed E-state index contributed by atoms with van der Waals surface area (Å²) in [6.45, 7) is 0. The second kappa shape index (κ2) is 4.34. The van der Waals surface area contributed by atoms with Crippen molar-refractivity contribution in [2.45, 2.75) is 6.42 Å². The van der Waals surface area contributed by atoms with E-state index in [2.05, 4.69) is 28.2 Å². The van der Waals surface area contributed by atoms with Crippen molar-refractivity contribution >= 4 is 11.0 Å². The molecule has 0 bridgehead atoms. The van der Waals surface area contributed by atoms with Crippen molar-refractivity contribution < 1.29 is 0 Å². The van der Waals surface area contributed by atoms with Crippen LogP contribution in [-0.2, 0) is 6.42 Å². The number of H-pyrrole nitrogens is 1. The molecular formula is C15H11N3. The van der Waals surface area contributed by atoms with Crippen LogP contribution in [0.1, 0.15) is 5.69 Å². The molecule has 0 unspecified atom stereocenters. The standard InChI is InChI=1S/C15H11N3/c16-9-8-13-14(11-5-2-1-3-6-11)12-7-4-10-17-15(12)18-13/h1-7,10H,8H2,(H,17,18). The molecule has 1 aromatic carbocycles. The molecule has 3 aromatic rings. The summed E-state index contributed by atoms with van der Waals surface area (Å²) in [5.74, 6) is 0. The van der Waals surface area contributed by atoms with Gasteiger partial charge in [-0.25, -0.2) is 4.98 Å². The highest BCUT2D eigenvalue weighted by atomic mass is 14.9. The van der Waals surface area contributed by atoms with Gasteiger partial charge in [0.15, 0.2) is 0 Å². The SMILES string of the molecule is N#CCc1[nH]c2ncccc2c1-c1ccccc1. The molecule has 1 N–H and O–H groups in total. The Bertz CT molecular complexity index is 720. The van der Waals surface area contributed by atoms with E-state index in [9.17, 15) is 0 Å². The lowest BCUT2D eigenvalue weighted by Gasteiger charge is -2.01. The number of rotatable bonds is 2. The van der Waals surface area contributed by atoms with Crippen LogP contribution in [-0.4, -0.2) is 9.97 Å². The summed E-state index contributed by atoms with van der Waals surface area (Å²) in [6.07, 6.45) is 2.12. The summed E-state index contributed by atoms with van der Waals surface area (Å²) in [4.78, 5) is 7.54. The number of hydrogen-bond acceptors (Lipinski definition) is 2. The molecule has 3 nitrogen and oxygen atoms in total. The molecule has 3 rings (SSSR count). The zero-order chi connectivity index (χ0) is 12.4. The Balaban J connectivity index is 2.32. The predicted molar refractivity (Wildman–Crippen MR) is 70.8 cm³/mol. The first-order valence-electron chi connectivity index (χ1n) is 5.78. The molecule has 0 atom stereocenters. The zero-order valence-electron chi connectivity index (χ0n) is 9.72. The third-order valence-corrected chi connectivity index (χ3v) is 2.97. The van der Waals surface area contributed by atoms with Crippen LogP contribution < -0.4 is 0 Å². The summed E-state index contributed by atoms with van der Waals surface area (Å²) in [6, 6.07) is 16.2. The number of fused-ring (bicyclic) bond motifs is 1. The lowest BCUT2D eigenvalue weighted by molar-refractivity contribution is 1.16. The highest BCUT2D eigenvalue weighted by Gasteiger charge is 2.12. The highest BCUT2D eigenvalue weighted by Crippen LogP contribution is 2.31. The van der Waals surface area contributed by atoms with Gasteiger partial charge in [-0.15, -0.1) is 0 Å². The fourth-order valence-electron chi connectivity index (χ4n) is 2.22. The van der Waals surface area contributed by atoms with E-state index >= 15 is 0 Å². The van der Waals surface area contributed by atoms with E-state index in [1.54, 1.807) is 6.20 Å². The van der Waals surface area contributed by atoms with Crippen LogP contribution in [0.5, 0.6) is 0 Å². The van der Waals surface area contributed by atoms with Gasteiger partial charge in [0.2, 0.25) is 0 Å². The normalized spacial score (nSPS) is 10.4. The fraction of sp³-hybridized carbons (Fsp3) is 0.0667. The Morgan fingerprint density at radius 2 is 1.94 bits per heavy atom. The number of hydrogen-bond donors (Lipinski definition) is 1. The molecule has 2 aromatic heterocycles. The lowest BCUT2D eigenvalue weighted by atomic mass is 10.0. The van der Waals surface area contributed by atoms with E-state index in [4.69, 9.17) is 5.26 Å². The molecule has 0 aliphatic heterocycles. The van der Waals surface area contributed by atoms with Crippen molar-refractivity contribution in [1.82, 2.24) is 9.97 Å². The van der Waals surface area contributed by atoms with Crippen molar-refractivity contribution in [2.24, 2.45) is 0 Å². The maximum atomic E-state index is 8.93. The third kappa shape index (κ3) is 1.64. The minimum atomic E-state index is 0.362. The van der Waals surface area contributed by atoms with Crippen LogP contribution in [0.2, 0.25) is 0 Å². The fourth-order valence-corrected chi connectivity index (χ4v) is 2.22. The first-order chi connectivity index (χ1) is 8.90. The molecule has 0 saturated carbocycles. The molecule has 0 aliphatic carbocycles. The van der Waals surface area contributed by atoms with Crippen molar-refractivity contribution in [1.29, 1.82) is 5.26 Å². The zero-order valence-corrected chi connectivity index (χ0v) is 9.72.